The lowest BCUT2D eigenvalue weighted by Crippen LogP contribution is -2.01. The molecule has 0 unspecified atom stereocenters. The normalized spacial score (nSPS) is 9.94. The lowest BCUT2D eigenvalue weighted by molar-refractivity contribution is 0.105. The molecule has 0 aliphatic rings. The molecule has 2 rings (SSSR count). The van der Waals surface area contributed by atoms with Crippen LogP contribution in [0.3, 0.4) is 0 Å². The summed E-state index contributed by atoms with van der Waals surface area (Å²) in [6, 6.07) is 14.7. The van der Waals surface area contributed by atoms with Gasteiger partial charge in [-0.25, -0.2) is 4.39 Å². The molecule has 0 aliphatic carbocycles. The molecule has 0 fully saturated rings. The predicted molar refractivity (Wildman–Crippen MR) is 66.2 cm³/mol. The molecule has 2 aromatic rings. The molecular weight excluding hydrogens is 215 g/mol. The second-order valence-electron chi connectivity index (χ2n) is 3.68. The molecule has 0 N–H and O–H groups in total. The summed E-state index contributed by atoms with van der Waals surface area (Å²) < 4.78 is 13.0. The zero-order valence-electron chi connectivity index (χ0n) is 9.19. The van der Waals surface area contributed by atoms with Gasteiger partial charge in [0.15, 0.2) is 5.78 Å². The molecule has 84 valence electrons. The van der Waals surface area contributed by atoms with E-state index in [9.17, 15) is 9.18 Å². The minimum atomic E-state index is -0.371. The Morgan fingerprint density at radius 2 is 1.59 bits per heavy atom. The Morgan fingerprint density at radius 1 is 0.941 bits per heavy atom. The van der Waals surface area contributed by atoms with Crippen molar-refractivity contribution >= 4 is 11.4 Å². The van der Waals surface area contributed by atoms with Crippen LogP contribution in [0, 0.1) is 5.82 Å². The Bertz CT molecular complexity index is 558. The largest absolute Gasteiger partial charge is 0.289 e. The van der Waals surface area contributed by atoms with E-state index >= 15 is 0 Å². The van der Waals surface area contributed by atoms with Gasteiger partial charge in [0, 0.05) is 11.1 Å². The molecule has 0 amide bonds. The Labute approximate surface area is 99.2 Å². The predicted octanol–water partition coefficient (Wildman–Crippen LogP) is 3.72. The highest BCUT2D eigenvalue weighted by molar-refractivity contribution is 6.28. The van der Waals surface area contributed by atoms with E-state index in [2.05, 4.69) is 6.58 Å². The molecular formula is C15H11FO. The second-order valence-corrected chi connectivity index (χ2v) is 3.68. The molecule has 0 spiro atoms. The zero-order valence-corrected chi connectivity index (χ0v) is 9.19. The van der Waals surface area contributed by atoms with Crippen molar-refractivity contribution in [1.82, 2.24) is 0 Å². The third-order valence-corrected chi connectivity index (χ3v) is 2.48. The van der Waals surface area contributed by atoms with Gasteiger partial charge in [0.1, 0.15) is 5.82 Å². The van der Waals surface area contributed by atoms with E-state index in [1.807, 2.05) is 6.07 Å². The Balaban J connectivity index is 2.30. The van der Waals surface area contributed by atoms with Crippen LogP contribution in [0.25, 0.3) is 5.57 Å². The maximum Gasteiger partial charge on any atom is 0.193 e. The van der Waals surface area contributed by atoms with Gasteiger partial charge in [-0.15, -0.1) is 0 Å². The van der Waals surface area contributed by atoms with Crippen molar-refractivity contribution in [3.05, 3.63) is 78.1 Å². The van der Waals surface area contributed by atoms with E-state index in [1.54, 1.807) is 36.4 Å². The summed E-state index contributed by atoms with van der Waals surface area (Å²) in [7, 11) is 0. The van der Waals surface area contributed by atoms with Crippen molar-refractivity contribution in [2.45, 2.75) is 0 Å². The minimum absolute atomic E-state index is 0.184. The first kappa shape index (κ1) is 11.3. The van der Waals surface area contributed by atoms with E-state index in [0.717, 1.165) is 0 Å². The topological polar surface area (TPSA) is 17.1 Å². The molecule has 0 aliphatic heterocycles. The van der Waals surface area contributed by atoms with Crippen molar-refractivity contribution in [2.24, 2.45) is 0 Å². The van der Waals surface area contributed by atoms with Crippen molar-refractivity contribution in [2.75, 3.05) is 0 Å². The lowest BCUT2D eigenvalue weighted by atomic mass is 9.98. The average Bonchev–Trinajstić information content (AvgIpc) is 2.38. The van der Waals surface area contributed by atoms with Crippen molar-refractivity contribution in [3.63, 3.8) is 0 Å². The zero-order chi connectivity index (χ0) is 12.3. The molecule has 0 saturated heterocycles. The number of carbonyl (C=O) groups is 1. The van der Waals surface area contributed by atoms with Crippen LogP contribution < -0.4 is 0 Å². The van der Waals surface area contributed by atoms with Crippen LogP contribution in [0.2, 0.25) is 0 Å². The molecule has 17 heavy (non-hydrogen) atoms. The SMILES string of the molecule is C=C(C(=O)c1ccccc1)c1cccc(F)c1. The van der Waals surface area contributed by atoms with Crippen LogP contribution in [-0.2, 0) is 0 Å². The third kappa shape index (κ3) is 2.48. The standard InChI is InChI=1S/C15H11FO/c1-11(13-8-5-9-14(16)10-13)15(17)12-6-3-2-4-7-12/h2-10H,1H2. The number of hydrogen-bond donors (Lipinski definition) is 0. The number of ketones is 1. The van der Waals surface area contributed by atoms with Crippen LogP contribution in [0.5, 0.6) is 0 Å². The molecule has 1 nitrogen and oxygen atoms in total. The fourth-order valence-corrected chi connectivity index (χ4v) is 1.57. The number of benzene rings is 2. The fourth-order valence-electron chi connectivity index (χ4n) is 1.57. The van der Waals surface area contributed by atoms with Gasteiger partial charge >= 0.3 is 0 Å². The van der Waals surface area contributed by atoms with Crippen molar-refractivity contribution in [1.29, 1.82) is 0 Å². The second kappa shape index (κ2) is 4.74. The third-order valence-electron chi connectivity index (χ3n) is 2.48. The van der Waals surface area contributed by atoms with E-state index in [0.29, 0.717) is 16.7 Å². The first-order chi connectivity index (χ1) is 8.18. The molecule has 2 aromatic carbocycles. The highest BCUT2D eigenvalue weighted by Gasteiger charge is 2.11. The summed E-state index contributed by atoms with van der Waals surface area (Å²) in [4.78, 5) is 12.0. The number of rotatable bonds is 3. The number of allylic oxidation sites excluding steroid dienone is 1. The number of Topliss-reactive ketones (excluding diaryl/α,β-unsaturated/α-hetero) is 1. The Hall–Kier alpha value is -2.22. The molecule has 0 saturated carbocycles. The summed E-state index contributed by atoms with van der Waals surface area (Å²) in [6.07, 6.45) is 0. The fraction of sp³-hybridized carbons (Fsp3) is 0. The minimum Gasteiger partial charge on any atom is -0.289 e. The molecule has 0 atom stereocenters. The summed E-state index contributed by atoms with van der Waals surface area (Å²) in [5.74, 6) is -0.555. The summed E-state index contributed by atoms with van der Waals surface area (Å²) in [6.45, 7) is 3.73. The molecule has 0 aromatic heterocycles. The number of halogens is 1. The van der Waals surface area contributed by atoms with Crippen molar-refractivity contribution < 1.29 is 9.18 Å². The van der Waals surface area contributed by atoms with Gasteiger partial charge in [-0.1, -0.05) is 49.0 Å². The Morgan fingerprint density at radius 3 is 2.24 bits per heavy atom. The lowest BCUT2D eigenvalue weighted by Gasteiger charge is -2.05. The maximum atomic E-state index is 13.0. The van der Waals surface area contributed by atoms with Crippen LogP contribution in [0.15, 0.2) is 61.2 Å². The van der Waals surface area contributed by atoms with Crippen LogP contribution in [0.4, 0.5) is 4.39 Å². The first-order valence-corrected chi connectivity index (χ1v) is 5.23. The highest BCUT2D eigenvalue weighted by atomic mass is 19.1. The summed E-state index contributed by atoms with van der Waals surface area (Å²) in [5, 5.41) is 0. The Kier molecular flexibility index (Phi) is 3.15. The van der Waals surface area contributed by atoms with Crippen LogP contribution in [0.1, 0.15) is 15.9 Å². The van der Waals surface area contributed by atoms with E-state index in [4.69, 9.17) is 0 Å². The average molecular weight is 226 g/mol. The number of carbonyl (C=O) groups excluding carboxylic acids is 1. The maximum absolute atomic E-state index is 13.0. The van der Waals surface area contributed by atoms with Crippen LogP contribution >= 0.6 is 0 Å². The molecule has 0 bridgehead atoms. The van der Waals surface area contributed by atoms with E-state index in [1.165, 1.54) is 12.1 Å². The summed E-state index contributed by atoms with van der Waals surface area (Å²) >= 11 is 0. The monoisotopic (exact) mass is 226 g/mol. The number of hydrogen-bond acceptors (Lipinski definition) is 1. The smallest absolute Gasteiger partial charge is 0.193 e. The first-order valence-electron chi connectivity index (χ1n) is 5.23. The molecule has 0 heterocycles. The quantitative estimate of drug-likeness (QED) is 0.575. The van der Waals surface area contributed by atoms with Gasteiger partial charge in [0.2, 0.25) is 0 Å². The summed E-state index contributed by atoms with van der Waals surface area (Å²) in [5.41, 5.74) is 1.37. The highest BCUT2D eigenvalue weighted by Crippen LogP contribution is 2.18. The van der Waals surface area contributed by atoms with Gasteiger partial charge < -0.3 is 0 Å². The van der Waals surface area contributed by atoms with Gasteiger partial charge in [0.25, 0.3) is 0 Å². The van der Waals surface area contributed by atoms with Crippen molar-refractivity contribution in [3.8, 4) is 0 Å². The van der Waals surface area contributed by atoms with Gasteiger partial charge in [-0.05, 0) is 17.7 Å². The molecule has 0 radical (unpaired) electrons. The van der Waals surface area contributed by atoms with E-state index in [-0.39, 0.29) is 11.6 Å². The van der Waals surface area contributed by atoms with Crippen LogP contribution in [-0.4, -0.2) is 5.78 Å². The van der Waals surface area contributed by atoms with E-state index < -0.39 is 0 Å². The van der Waals surface area contributed by atoms with Gasteiger partial charge in [-0.3, -0.25) is 4.79 Å². The molecule has 2 heteroatoms. The van der Waals surface area contributed by atoms with Gasteiger partial charge in [-0.2, -0.15) is 0 Å². The van der Waals surface area contributed by atoms with Gasteiger partial charge in [0.05, 0.1) is 0 Å².